The topological polar surface area (TPSA) is 73.9 Å². The first-order valence-electron chi connectivity index (χ1n) is 12.5. The first-order chi connectivity index (χ1) is 19.3. The van der Waals surface area contributed by atoms with Crippen molar-refractivity contribution in [2.45, 2.75) is 44.6 Å². The van der Waals surface area contributed by atoms with Crippen molar-refractivity contribution < 1.29 is 31.1 Å². The number of pyridine rings is 1. The number of anilines is 1. The van der Waals surface area contributed by atoms with Gasteiger partial charge in [0.2, 0.25) is 5.88 Å². The van der Waals surface area contributed by atoms with Gasteiger partial charge in [0.15, 0.2) is 5.82 Å². The van der Waals surface area contributed by atoms with Crippen LogP contribution in [0.1, 0.15) is 35.8 Å². The molecule has 1 aromatic carbocycles. The van der Waals surface area contributed by atoms with Gasteiger partial charge < -0.3 is 14.2 Å². The highest BCUT2D eigenvalue weighted by Gasteiger charge is 2.38. The summed E-state index contributed by atoms with van der Waals surface area (Å²) in [6, 6.07) is 7.37. The summed E-state index contributed by atoms with van der Waals surface area (Å²) in [5, 5.41) is 4.64. The molecule has 1 aliphatic heterocycles. The van der Waals surface area contributed by atoms with Gasteiger partial charge >= 0.3 is 12.4 Å². The van der Waals surface area contributed by atoms with E-state index in [1.807, 2.05) is 19.2 Å². The van der Waals surface area contributed by atoms with Gasteiger partial charge in [0.05, 0.1) is 19.1 Å². The number of aryl methyl sites for hydroxylation is 2. The molecule has 0 spiro atoms. The number of benzene rings is 1. The molecule has 0 radical (unpaired) electrons. The Kier molecular flexibility index (Phi) is 7.62. The van der Waals surface area contributed by atoms with Gasteiger partial charge in [0, 0.05) is 29.4 Å². The summed E-state index contributed by atoms with van der Waals surface area (Å²) in [4.78, 5) is 13.7. The fourth-order valence-corrected chi connectivity index (χ4v) is 5.18. The normalized spacial score (nSPS) is 15.6. The van der Waals surface area contributed by atoms with Crippen LogP contribution in [0.3, 0.4) is 0 Å². The van der Waals surface area contributed by atoms with E-state index < -0.39 is 25.4 Å². The summed E-state index contributed by atoms with van der Waals surface area (Å²) in [6.07, 6.45) is -4.87. The van der Waals surface area contributed by atoms with Crippen LogP contribution in [0.2, 0.25) is 5.02 Å². The Morgan fingerprint density at radius 2 is 1.78 bits per heavy atom. The lowest BCUT2D eigenvalue weighted by molar-refractivity contribution is -0.137. The van der Waals surface area contributed by atoms with Crippen LogP contribution in [-0.2, 0) is 6.54 Å². The lowest BCUT2D eigenvalue weighted by atomic mass is 9.91. The van der Waals surface area contributed by atoms with Crippen LogP contribution in [0.4, 0.5) is 32.0 Å². The van der Waals surface area contributed by atoms with Crippen LogP contribution >= 0.6 is 11.6 Å². The van der Waals surface area contributed by atoms with E-state index in [2.05, 4.69) is 15.1 Å². The molecule has 1 aliphatic rings. The van der Waals surface area contributed by atoms with E-state index in [-0.39, 0.29) is 21.5 Å². The molecule has 218 valence electrons. The van der Waals surface area contributed by atoms with Gasteiger partial charge in [-0.2, -0.15) is 26.3 Å². The SMILES string of the molecule is COc1nc(-c2nc3n(n2)CCC[C@@H]3c2ccc(N(CC(F)(F)F)CC(F)(F)F)cc2Cl)ccc1-n1cnc(C)c1. The zero-order valence-corrected chi connectivity index (χ0v) is 22.6. The van der Waals surface area contributed by atoms with Crippen molar-refractivity contribution in [3.63, 3.8) is 0 Å². The second kappa shape index (κ2) is 10.9. The van der Waals surface area contributed by atoms with E-state index in [1.54, 1.807) is 21.6 Å². The molecule has 0 bridgehead atoms. The highest BCUT2D eigenvalue weighted by molar-refractivity contribution is 6.31. The molecule has 0 saturated heterocycles. The summed E-state index contributed by atoms with van der Waals surface area (Å²) in [6.45, 7) is -1.09. The molecule has 15 heteroatoms. The summed E-state index contributed by atoms with van der Waals surface area (Å²) >= 11 is 6.47. The molecule has 5 rings (SSSR count). The van der Waals surface area contributed by atoms with E-state index in [0.29, 0.717) is 53.9 Å². The number of ether oxygens (including phenoxy) is 1. The van der Waals surface area contributed by atoms with E-state index in [1.165, 1.54) is 19.2 Å². The predicted octanol–water partition coefficient (Wildman–Crippen LogP) is 6.35. The second-order valence-electron chi connectivity index (χ2n) is 9.65. The van der Waals surface area contributed by atoms with Crippen molar-refractivity contribution in [1.82, 2.24) is 29.3 Å². The van der Waals surface area contributed by atoms with Gasteiger partial charge in [-0.3, -0.25) is 0 Å². The molecule has 41 heavy (non-hydrogen) atoms. The van der Waals surface area contributed by atoms with E-state index in [4.69, 9.17) is 21.3 Å². The fourth-order valence-electron chi connectivity index (χ4n) is 4.88. The number of rotatable bonds is 7. The summed E-state index contributed by atoms with van der Waals surface area (Å²) in [7, 11) is 1.50. The Morgan fingerprint density at radius 3 is 2.39 bits per heavy atom. The van der Waals surface area contributed by atoms with Crippen molar-refractivity contribution in [1.29, 1.82) is 0 Å². The minimum atomic E-state index is -4.83. The number of alkyl halides is 6. The van der Waals surface area contributed by atoms with Crippen molar-refractivity contribution in [3.8, 4) is 23.1 Å². The van der Waals surface area contributed by atoms with Crippen LogP contribution in [0, 0.1) is 6.92 Å². The van der Waals surface area contributed by atoms with Crippen molar-refractivity contribution in [2.24, 2.45) is 0 Å². The van der Waals surface area contributed by atoms with E-state index in [9.17, 15) is 26.3 Å². The molecule has 4 aromatic rings. The summed E-state index contributed by atoms with van der Waals surface area (Å²) in [5.74, 6) is 0.872. The number of nitrogens with zero attached hydrogens (tertiary/aromatic N) is 7. The quantitative estimate of drug-likeness (QED) is 0.230. The molecule has 0 N–H and O–H groups in total. The van der Waals surface area contributed by atoms with Crippen molar-refractivity contribution in [2.75, 3.05) is 25.1 Å². The molecule has 4 heterocycles. The summed E-state index contributed by atoms with van der Waals surface area (Å²) < 4.78 is 87.1. The lowest BCUT2D eigenvalue weighted by Gasteiger charge is -2.28. The van der Waals surface area contributed by atoms with Gasteiger partial charge in [-0.25, -0.2) is 19.6 Å². The van der Waals surface area contributed by atoms with E-state index in [0.717, 1.165) is 11.8 Å². The first kappa shape index (κ1) is 28.7. The Morgan fingerprint density at radius 1 is 1.05 bits per heavy atom. The third kappa shape index (κ3) is 6.42. The molecule has 0 aliphatic carbocycles. The van der Waals surface area contributed by atoms with Gasteiger partial charge in [-0.05, 0) is 49.6 Å². The van der Waals surface area contributed by atoms with Crippen LogP contribution in [0.15, 0.2) is 42.9 Å². The average Bonchev–Trinajstić information content (AvgIpc) is 3.52. The number of halogens is 7. The molecular formula is C26H24ClF6N7O. The number of hydrogen-bond donors (Lipinski definition) is 0. The van der Waals surface area contributed by atoms with Crippen LogP contribution in [0.25, 0.3) is 17.2 Å². The fraction of sp³-hybridized carbons (Fsp3) is 0.385. The Balaban J connectivity index is 1.45. The number of methoxy groups -OCH3 is 1. The minimum absolute atomic E-state index is 0.0413. The third-order valence-electron chi connectivity index (χ3n) is 6.59. The zero-order valence-electron chi connectivity index (χ0n) is 21.8. The van der Waals surface area contributed by atoms with Gasteiger partial charge in [-0.15, -0.1) is 5.10 Å². The first-order valence-corrected chi connectivity index (χ1v) is 12.9. The zero-order chi connectivity index (χ0) is 29.5. The van der Waals surface area contributed by atoms with Crippen LogP contribution in [-0.4, -0.2) is 61.9 Å². The number of aromatic nitrogens is 6. The minimum Gasteiger partial charge on any atom is -0.479 e. The standard InChI is InChI=1S/C26H24ClF6N7O/c1-15-11-38(14-34-15)21-8-7-20(35-24(21)41-2)22-36-23-18(4-3-9-40(23)37-22)17-6-5-16(10-19(17)27)39(12-25(28,29)30)13-26(31,32)33/h5-8,10-11,14,18H,3-4,9,12-13H2,1-2H3/t18-/m1/s1. The molecular weight excluding hydrogens is 576 g/mol. The molecule has 8 nitrogen and oxygen atoms in total. The molecule has 0 amide bonds. The lowest BCUT2D eigenvalue weighted by Crippen LogP contribution is -2.40. The summed E-state index contributed by atoms with van der Waals surface area (Å²) in [5.41, 5.74) is 2.21. The maximum absolute atomic E-state index is 13.0. The average molecular weight is 600 g/mol. The van der Waals surface area contributed by atoms with Gasteiger partial charge in [-0.1, -0.05) is 17.7 Å². The van der Waals surface area contributed by atoms with Crippen LogP contribution in [0.5, 0.6) is 5.88 Å². The van der Waals surface area contributed by atoms with Crippen LogP contribution < -0.4 is 9.64 Å². The number of hydrogen-bond acceptors (Lipinski definition) is 6. The van der Waals surface area contributed by atoms with Crippen molar-refractivity contribution in [3.05, 3.63) is 65.0 Å². The number of fused-ring (bicyclic) bond motifs is 1. The number of imidazole rings is 1. The molecule has 0 saturated carbocycles. The largest absolute Gasteiger partial charge is 0.479 e. The second-order valence-corrected chi connectivity index (χ2v) is 10.1. The maximum Gasteiger partial charge on any atom is 0.405 e. The van der Waals surface area contributed by atoms with Crippen molar-refractivity contribution >= 4 is 17.3 Å². The van der Waals surface area contributed by atoms with Gasteiger partial charge in [0.25, 0.3) is 0 Å². The smallest absolute Gasteiger partial charge is 0.405 e. The molecule has 0 unspecified atom stereocenters. The van der Waals surface area contributed by atoms with Gasteiger partial charge in [0.1, 0.15) is 30.3 Å². The Hall–Kier alpha value is -3.81. The molecule has 0 fully saturated rings. The molecule has 3 aromatic heterocycles. The molecule has 1 atom stereocenters. The van der Waals surface area contributed by atoms with E-state index >= 15 is 0 Å². The predicted molar refractivity (Wildman–Crippen MR) is 139 cm³/mol. The highest BCUT2D eigenvalue weighted by atomic mass is 35.5. The highest BCUT2D eigenvalue weighted by Crippen LogP contribution is 2.39. The Bertz CT molecular complexity index is 1530. The monoisotopic (exact) mass is 599 g/mol. The third-order valence-corrected chi connectivity index (χ3v) is 6.92. The Labute approximate surface area is 235 Å². The maximum atomic E-state index is 13.0.